The number of anilines is 1. The summed E-state index contributed by atoms with van der Waals surface area (Å²) in [4.78, 5) is 28.9. The average molecular weight is 354 g/mol. The van der Waals surface area contributed by atoms with Gasteiger partial charge in [-0.25, -0.2) is 14.5 Å². The number of rotatable bonds is 5. The Labute approximate surface area is 149 Å². The first kappa shape index (κ1) is 17.3. The molecular formula is C17H18N6O3. The second kappa shape index (κ2) is 7.18. The van der Waals surface area contributed by atoms with Crippen molar-refractivity contribution in [2.45, 2.75) is 13.8 Å². The van der Waals surface area contributed by atoms with Crippen LogP contribution in [0.1, 0.15) is 33.3 Å². The summed E-state index contributed by atoms with van der Waals surface area (Å²) in [6, 6.07) is 5.43. The summed E-state index contributed by atoms with van der Waals surface area (Å²) in [5, 5.41) is 10.9. The van der Waals surface area contributed by atoms with E-state index in [-0.39, 0.29) is 18.0 Å². The third kappa shape index (κ3) is 3.18. The van der Waals surface area contributed by atoms with Gasteiger partial charge in [0, 0.05) is 13.2 Å². The van der Waals surface area contributed by atoms with Gasteiger partial charge in [-0.2, -0.15) is 10.2 Å². The van der Waals surface area contributed by atoms with Crippen LogP contribution in [0.15, 0.2) is 36.8 Å². The van der Waals surface area contributed by atoms with E-state index in [1.54, 1.807) is 43.9 Å². The highest BCUT2D eigenvalue weighted by Crippen LogP contribution is 2.18. The highest BCUT2D eigenvalue weighted by molar-refractivity contribution is 6.07. The summed E-state index contributed by atoms with van der Waals surface area (Å²) < 4.78 is 7.97. The lowest BCUT2D eigenvalue weighted by atomic mass is 10.2. The van der Waals surface area contributed by atoms with Crippen molar-refractivity contribution in [3.8, 4) is 5.82 Å². The molecule has 0 aliphatic rings. The Hall–Kier alpha value is -3.49. The fraction of sp³-hybridized carbons (Fsp3) is 0.235. The molecule has 0 saturated carbocycles. The number of hydrogen-bond acceptors (Lipinski definition) is 6. The normalized spacial score (nSPS) is 10.6. The number of aryl methyl sites for hydroxylation is 1. The van der Waals surface area contributed by atoms with Gasteiger partial charge in [0.2, 0.25) is 0 Å². The van der Waals surface area contributed by atoms with E-state index in [1.165, 1.54) is 17.1 Å². The number of hydrogen-bond donors (Lipinski definition) is 1. The molecule has 0 aliphatic heterocycles. The third-order valence-corrected chi connectivity index (χ3v) is 3.79. The monoisotopic (exact) mass is 354 g/mol. The van der Waals surface area contributed by atoms with Crippen LogP contribution in [-0.4, -0.2) is 43.0 Å². The molecule has 3 aromatic heterocycles. The van der Waals surface area contributed by atoms with Crippen LogP contribution < -0.4 is 5.32 Å². The quantitative estimate of drug-likeness (QED) is 0.700. The van der Waals surface area contributed by atoms with Crippen molar-refractivity contribution in [3.05, 3.63) is 53.6 Å². The lowest BCUT2D eigenvalue weighted by Gasteiger charge is -2.08. The molecule has 3 aromatic rings. The molecule has 0 aromatic carbocycles. The summed E-state index contributed by atoms with van der Waals surface area (Å²) in [7, 11) is 1.63. The summed E-state index contributed by atoms with van der Waals surface area (Å²) in [6.45, 7) is 3.71. The van der Waals surface area contributed by atoms with Gasteiger partial charge in [0.05, 0.1) is 30.3 Å². The molecule has 0 radical (unpaired) electrons. The van der Waals surface area contributed by atoms with E-state index >= 15 is 0 Å². The van der Waals surface area contributed by atoms with E-state index in [2.05, 4.69) is 20.5 Å². The van der Waals surface area contributed by atoms with Crippen LogP contribution in [0.5, 0.6) is 0 Å². The molecule has 1 amide bonds. The predicted octanol–water partition coefficient (Wildman–Crippen LogP) is 1.74. The first-order chi connectivity index (χ1) is 12.5. The molecule has 0 saturated heterocycles. The maximum absolute atomic E-state index is 12.7. The van der Waals surface area contributed by atoms with E-state index in [4.69, 9.17) is 4.74 Å². The number of ether oxygens (including phenoxy) is 1. The van der Waals surface area contributed by atoms with Gasteiger partial charge < -0.3 is 10.1 Å². The van der Waals surface area contributed by atoms with Gasteiger partial charge in [-0.15, -0.1) is 0 Å². The molecule has 3 heterocycles. The molecule has 9 nitrogen and oxygen atoms in total. The number of amides is 1. The summed E-state index contributed by atoms with van der Waals surface area (Å²) in [5.74, 6) is -0.0779. The highest BCUT2D eigenvalue weighted by atomic mass is 16.5. The van der Waals surface area contributed by atoms with Crippen molar-refractivity contribution in [2.24, 2.45) is 7.05 Å². The minimum atomic E-state index is -0.545. The number of esters is 1. The largest absolute Gasteiger partial charge is 0.462 e. The van der Waals surface area contributed by atoms with Crippen molar-refractivity contribution in [2.75, 3.05) is 11.9 Å². The Bertz CT molecular complexity index is 945. The van der Waals surface area contributed by atoms with Gasteiger partial charge in [0.25, 0.3) is 5.91 Å². The Kier molecular flexibility index (Phi) is 4.78. The number of carbonyl (C=O) groups excluding carboxylic acids is 2. The Morgan fingerprint density at radius 1 is 1.19 bits per heavy atom. The van der Waals surface area contributed by atoms with E-state index in [0.29, 0.717) is 17.1 Å². The smallest absolute Gasteiger partial charge is 0.343 e. The number of pyridine rings is 1. The topological polar surface area (TPSA) is 104 Å². The SMILES string of the molecule is CCOC(=O)c1cnn(C)c1NC(=O)c1cnn(-c2ccccn2)c1C. The van der Waals surface area contributed by atoms with Gasteiger partial charge in [-0.1, -0.05) is 6.07 Å². The summed E-state index contributed by atoms with van der Waals surface area (Å²) >= 11 is 0. The molecule has 3 rings (SSSR count). The third-order valence-electron chi connectivity index (χ3n) is 3.79. The zero-order chi connectivity index (χ0) is 18.7. The zero-order valence-electron chi connectivity index (χ0n) is 14.6. The number of carbonyl (C=O) groups is 2. The molecule has 26 heavy (non-hydrogen) atoms. The van der Waals surface area contributed by atoms with Gasteiger partial charge in [-0.3, -0.25) is 9.48 Å². The Morgan fingerprint density at radius 2 is 1.96 bits per heavy atom. The average Bonchev–Trinajstić information content (AvgIpc) is 3.19. The van der Waals surface area contributed by atoms with Gasteiger partial charge in [0.15, 0.2) is 5.82 Å². The van der Waals surface area contributed by atoms with Crippen molar-refractivity contribution in [1.29, 1.82) is 0 Å². The summed E-state index contributed by atoms with van der Waals surface area (Å²) in [5.41, 5.74) is 1.19. The van der Waals surface area contributed by atoms with Crippen LogP contribution in [0.25, 0.3) is 5.82 Å². The minimum absolute atomic E-state index is 0.192. The molecule has 1 N–H and O–H groups in total. The lowest BCUT2D eigenvalue weighted by molar-refractivity contribution is 0.0527. The Balaban J connectivity index is 1.87. The van der Waals surface area contributed by atoms with Crippen molar-refractivity contribution >= 4 is 17.7 Å². The van der Waals surface area contributed by atoms with Crippen LogP contribution in [0.3, 0.4) is 0 Å². The second-order valence-corrected chi connectivity index (χ2v) is 5.45. The maximum atomic E-state index is 12.7. The van der Waals surface area contributed by atoms with Gasteiger partial charge in [0.1, 0.15) is 11.4 Å². The first-order valence-electron chi connectivity index (χ1n) is 7.99. The van der Waals surface area contributed by atoms with Crippen LogP contribution in [0, 0.1) is 6.92 Å². The van der Waals surface area contributed by atoms with Gasteiger partial charge in [-0.05, 0) is 26.0 Å². The minimum Gasteiger partial charge on any atom is -0.462 e. The highest BCUT2D eigenvalue weighted by Gasteiger charge is 2.22. The van der Waals surface area contributed by atoms with E-state index < -0.39 is 11.9 Å². The number of aromatic nitrogens is 5. The molecule has 0 aliphatic carbocycles. The van der Waals surface area contributed by atoms with Gasteiger partial charge >= 0.3 is 5.97 Å². The maximum Gasteiger partial charge on any atom is 0.343 e. The zero-order valence-corrected chi connectivity index (χ0v) is 14.6. The molecule has 9 heteroatoms. The van der Waals surface area contributed by atoms with Crippen LogP contribution >= 0.6 is 0 Å². The van der Waals surface area contributed by atoms with Crippen LogP contribution in [0.4, 0.5) is 5.82 Å². The first-order valence-corrected chi connectivity index (χ1v) is 7.99. The molecule has 0 fully saturated rings. The fourth-order valence-corrected chi connectivity index (χ4v) is 2.46. The molecular weight excluding hydrogens is 336 g/mol. The predicted molar refractivity (Wildman–Crippen MR) is 93.2 cm³/mol. The van der Waals surface area contributed by atoms with E-state index in [0.717, 1.165) is 0 Å². The number of nitrogens with one attached hydrogen (secondary N) is 1. The molecule has 134 valence electrons. The second-order valence-electron chi connectivity index (χ2n) is 5.45. The van der Waals surface area contributed by atoms with Crippen molar-refractivity contribution in [1.82, 2.24) is 24.5 Å². The molecule has 0 spiro atoms. The Morgan fingerprint density at radius 3 is 2.65 bits per heavy atom. The number of nitrogens with zero attached hydrogens (tertiary/aromatic N) is 5. The van der Waals surface area contributed by atoms with Crippen LogP contribution in [0.2, 0.25) is 0 Å². The summed E-state index contributed by atoms with van der Waals surface area (Å²) in [6.07, 6.45) is 4.47. The standard InChI is InChI=1S/C17H18N6O3/c1-4-26-17(25)13-10-19-22(3)15(13)21-16(24)12-9-20-23(11(12)2)14-7-5-6-8-18-14/h5-10H,4H2,1-3H3,(H,21,24). The fourth-order valence-electron chi connectivity index (χ4n) is 2.46. The van der Waals surface area contributed by atoms with E-state index in [9.17, 15) is 9.59 Å². The van der Waals surface area contributed by atoms with Crippen molar-refractivity contribution < 1.29 is 14.3 Å². The molecule has 0 unspecified atom stereocenters. The molecule has 0 atom stereocenters. The van der Waals surface area contributed by atoms with Crippen LogP contribution in [-0.2, 0) is 11.8 Å². The molecule has 0 bridgehead atoms. The van der Waals surface area contributed by atoms with E-state index in [1.807, 2.05) is 6.07 Å². The lowest BCUT2D eigenvalue weighted by Crippen LogP contribution is -2.18. The van der Waals surface area contributed by atoms with Crippen molar-refractivity contribution in [3.63, 3.8) is 0 Å².